The number of rotatable bonds is 4. The van der Waals surface area contributed by atoms with E-state index in [1.54, 1.807) is 19.2 Å². The number of aldehydes is 1. The third-order valence-electron chi connectivity index (χ3n) is 1.68. The van der Waals surface area contributed by atoms with Crippen molar-refractivity contribution in [2.24, 2.45) is 0 Å². The number of likely N-dealkylation sites (N-methyl/N-ethyl adjacent to an activating group) is 1. The van der Waals surface area contributed by atoms with Crippen molar-refractivity contribution in [3.63, 3.8) is 0 Å². The van der Waals surface area contributed by atoms with Gasteiger partial charge >= 0.3 is 0 Å². The molecule has 0 bridgehead atoms. The summed E-state index contributed by atoms with van der Waals surface area (Å²) in [6.45, 7) is 0.426. The molecular formula is C9H12N2O2. The van der Waals surface area contributed by atoms with Gasteiger partial charge in [-0.2, -0.15) is 0 Å². The summed E-state index contributed by atoms with van der Waals surface area (Å²) in [6, 6.07) is 3.18. The average molecular weight is 180 g/mol. The smallest absolute Gasteiger partial charge is 0.150 e. The SMILES string of the molecule is CNCC(O)c1cc(C=O)ccn1. The Hall–Kier alpha value is -1.26. The van der Waals surface area contributed by atoms with Crippen molar-refractivity contribution in [3.8, 4) is 0 Å². The largest absolute Gasteiger partial charge is 0.385 e. The van der Waals surface area contributed by atoms with Gasteiger partial charge in [-0.3, -0.25) is 9.78 Å². The molecule has 1 unspecified atom stereocenters. The summed E-state index contributed by atoms with van der Waals surface area (Å²) in [5, 5.41) is 12.3. The molecule has 0 aliphatic carbocycles. The first-order chi connectivity index (χ1) is 6.27. The van der Waals surface area contributed by atoms with Crippen LogP contribution < -0.4 is 5.32 Å². The number of hydrogen-bond donors (Lipinski definition) is 2. The maximum Gasteiger partial charge on any atom is 0.150 e. The van der Waals surface area contributed by atoms with Crippen LogP contribution in [0.15, 0.2) is 18.3 Å². The van der Waals surface area contributed by atoms with Gasteiger partial charge in [0.15, 0.2) is 0 Å². The van der Waals surface area contributed by atoms with Gasteiger partial charge < -0.3 is 10.4 Å². The van der Waals surface area contributed by atoms with E-state index in [1.165, 1.54) is 6.20 Å². The number of carbonyl (C=O) groups is 1. The molecule has 0 aliphatic heterocycles. The molecule has 1 aromatic rings. The molecule has 0 aromatic carbocycles. The number of aliphatic hydroxyl groups is 1. The van der Waals surface area contributed by atoms with Gasteiger partial charge in [0.25, 0.3) is 0 Å². The second-order valence-corrected chi connectivity index (χ2v) is 2.71. The number of aromatic nitrogens is 1. The van der Waals surface area contributed by atoms with Crippen molar-refractivity contribution in [1.82, 2.24) is 10.3 Å². The molecular weight excluding hydrogens is 168 g/mol. The summed E-state index contributed by atoms with van der Waals surface area (Å²) in [7, 11) is 1.74. The van der Waals surface area contributed by atoms with Gasteiger partial charge in [0.2, 0.25) is 0 Å². The van der Waals surface area contributed by atoms with Crippen LogP contribution in [0.25, 0.3) is 0 Å². The standard InChI is InChI=1S/C9H12N2O2/c1-10-5-9(13)8-4-7(6-12)2-3-11-8/h2-4,6,9-10,13H,5H2,1H3. The molecule has 0 aliphatic rings. The molecule has 1 atom stereocenters. The molecule has 4 heteroatoms. The quantitative estimate of drug-likeness (QED) is 0.647. The van der Waals surface area contributed by atoms with Crippen molar-refractivity contribution in [3.05, 3.63) is 29.6 Å². The lowest BCUT2D eigenvalue weighted by Crippen LogP contribution is -2.17. The Morgan fingerprint density at radius 2 is 2.54 bits per heavy atom. The number of nitrogens with zero attached hydrogens (tertiary/aromatic N) is 1. The lowest BCUT2D eigenvalue weighted by atomic mass is 10.2. The molecule has 0 radical (unpaired) electrons. The van der Waals surface area contributed by atoms with Gasteiger partial charge in [0.1, 0.15) is 12.4 Å². The van der Waals surface area contributed by atoms with Crippen LogP contribution in [0.2, 0.25) is 0 Å². The van der Waals surface area contributed by atoms with Crippen LogP contribution in [0, 0.1) is 0 Å². The maximum absolute atomic E-state index is 10.4. The molecule has 0 saturated carbocycles. The Morgan fingerprint density at radius 3 is 3.15 bits per heavy atom. The molecule has 1 aromatic heterocycles. The number of carbonyl (C=O) groups excluding carboxylic acids is 1. The highest BCUT2D eigenvalue weighted by molar-refractivity contribution is 5.74. The predicted molar refractivity (Wildman–Crippen MR) is 48.5 cm³/mol. The fourth-order valence-corrected chi connectivity index (χ4v) is 1.02. The number of nitrogens with one attached hydrogen (secondary N) is 1. The molecule has 1 rings (SSSR count). The van der Waals surface area contributed by atoms with Crippen molar-refractivity contribution in [2.45, 2.75) is 6.10 Å². The van der Waals surface area contributed by atoms with E-state index in [0.717, 1.165) is 6.29 Å². The normalized spacial score (nSPS) is 12.5. The monoisotopic (exact) mass is 180 g/mol. The molecule has 0 saturated heterocycles. The average Bonchev–Trinajstić information content (AvgIpc) is 2.18. The lowest BCUT2D eigenvalue weighted by molar-refractivity contribution is 0.112. The van der Waals surface area contributed by atoms with Gasteiger partial charge in [-0.05, 0) is 19.2 Å². The van der Waals surface area contributed by atoms with Crippen molar-refractivity contribution < 1.29 is 9.90 Å². The Bertz CT molecular complexity index is 289. The van der Waals surface area contributed by atoms with Gasteiger partial charge in [0.05, 0.1) is 5.69 Å². The van der Waals surface area contributed by atoms with Gasteiger partial charge in [-0.15, -0.1) is 0 Å². The van der Waals surface area contributed by atoms with E-state index in [9.17, 15) is 9.90 Å². The number of aliphatic hydroxyl groups excluding tert-OH is 1. The molecule has 4 nitrogen and oxygen atoms in total. The molecule has 70 valence electrons. The fourth-order valence-electron chi connectivity index (χ4n) is 1.02. The van der Waals surface area contributed by atoms with Crippen LogP contribution in [0.1, 0.15) is 22.2 Å². The minimum Gasteiger partial charge on any atom is -0.385 e. The van der Waals surface area contributed by atoms with Crippen molar-refractivity contribution >= 4 is 6.29 Å². The van der Waals surface area contributed by atoms with Gasteiger partial charge in [0, 0.05) is 18.3 Å². The summed E-state index contributed by atoms with van der Waals surface area (Å²) in [4.78, 5) is 14.4. The van der Waals surface area contributed by atoms with E-state index < -0.39 is 6.10 Å². The Balaban J connectivity index is 2.81. The first-order valence-electron chi connectivity index (χ1n) is 4.01. The fraction of sp³-hybridized carbons (Fsp3) is 0.333. The van der Waals surface area contributed by atoms with Crippen LogP contribution in [-0.2, 0) is 0 Å². The summed E-state index contributed by atoms with van der Waals surface area (Å²) in [5.74, 6) is 0. The van der Waals surface area contributed by atoms with Crippen molar-refractivity contribution in [1.29, 1.82) is 0 Å². The third kappa shape index (κ3) is 2.61. The van der Waals surface area contributed by atoms with Gasteiger partial charge in [-0.25, -0.2) is 0 Å². The van der Waals surface area contributed by atoms with E-state index in [0.29, 0.717) is 17.8 Å². The summed E-state index contributed by atoms with van der Waals surface area (Å²) in [5.41, 5.74) is 1.04. The molecule has 0 amide bonds. The van der Waals surface area contributed by atoms with Crippen LogP contribution in [0.5, 0.6) is 0 Å². The zero-order valence-electron chi connectivity index (χ0n) is 7.40. The predicted octanol–water partition coefficient (Wildman–Crippen LogP) is 0.147. The summed E-state index contributed by atoms with van der Waals surface area (Å²) < 4.78 is 0. The molecule has 2 N–H and O–H groups in total. The van der Waals surface area contributed by atoms with E-state index in [2.05, 4.69) is 10.3 Å². The minimum absolute atomic E-state index is 0.426. The minimum atomic E-state index is -0.662. The molecule has 13 heavy (non-hydrogen) atoms. The molecule has 0 fully saturated rings. The first-order valence-corrected chi connectivity index (χ1v) is 4.01. The second-order valence-electron chi connectivity index (χ2n) is 2.71. The Labute approximate surface area is 76.6 Å². The first kappa shape index (κ1) is 9.83. The number of hydrogen-bond acceptors (Lipinski definition) is 4. The Kier molecular flexibility index (Phi) is 3.54. The van der Waals surface area contributed by atoms with Crippen molar-refractivity contribution in [2.75, 3.05) is 13.6 Å². The van der Waals surface area contributed by atoms with E-state index in [4.69, 9.17) is 0 Å². The molecule has 0 spiro atoms. The van der Waals surface area contributed by atoms with Crippen LogP contribution in [-0.4, -0.2) is 30.0 Å². The Morgan fingerprint density at radius 1 is 1.77 bits per heavy atom. The van der Waals surface area contributed by atoms with E-state index in [-0.39, 0.29) is 0 Å². The highest BCUT2D eigenvalue weighted by atomic mass is 16.3. The molecule has 1 heterocycles. The van der Waals surface area contributed by atoms with E-state index >= 15 is 0 Å². The highest BCUT2D eigenvalue weighted by Crippen LogP contribution is 2.09. The zero-order chi connectivity index (χ0) is 9.68. The van der Waals surface area contributed by atoms with Gasteiger partial charge in [-0.1, -0.05) is 0 Å². The van der Waals surface area contributed by atoms with E-state index in [1.807, 2.05) is 0 Å². The zero-order valence-corrected chi connectivity index (χ0v) is 7.40. The summed E-state index contributed by atoms with van der Waals surface area (Å²) in [6.07, 6.45) is 1.58. The lowest BCUT2D eigenvalue weighted by Gasteiger charge is -2.08. The second kappa shape index (κ2) is 4.69. The summed E-state index contributed by atoms with van der Waals surface area (Å²) >= 11 is 0. The maximum atomic E-state index is 10.4. The topological polar surface area (TPSA) is 62.2 Å². The van der Waals surface area contributed by atoms with Crippen LogP contribution >= 0.6 is 0 Å². The van der Waals surface area contributed by atoms with Crippen LogP contribution in [0.3, 0.4) is 0 Å². The highest BCUT2D eigenvalue weighted by Gasteiger charge is 2.07. The van der Waals surface area contributed by atoms with Crippen LogP contribution in [0.4, 0.5) is 0 Å². The third-order valence-corrected chi connectivity index (χ3v) is 1.68. The number of pyridine rings is 1.